The van der Waals surface area contributed by atoms with Crippen LogP contribution in [-0.4, -0.2) is 43.3 Å². The average Bonchev–Trinajstić information content (AvgIpc) is 2.52. The molecule has 1 aromatic rings. The largest absolute Gasteiger partial charge is 0.491 e. The maximum absolute atomic E-state index is 12.1. The Balaban J connectivity index is 2.66. The van der Waals surface area contributed by atoms with Crippen molar-refractivity contribution in [2.75, 3.05) is 20.3 Å². The number of ether oxygens (including phenoxy) is 2. The Hall–Kier alpha value is -2.08. The van der Waals surface area contributed by atoms with Gasteiger partial charge in [-0.3, -0.25) is 4.79 Å². The molecule has 0 fully saturated rings. The highest BCUT2D eigenvalue weighted by molar-refractivity contribution is 5.96. The number of rotatable bonds is 9. The van der Waals surface area contributed by atoms with Crippen LogP contribution in [0.2, 0.25) is 0 Å². The zero-order valence-electron chi connectivity index (χ0n) is 13.2. The summed E-state index contributed by atoms with van der Waals surface area (Å²) >= 11 is 0. The molecule has 2 atom stereocenters. The minimum absolute atomic E-state index is 0.141. The third kappa shape index (κ3) is 5.37. The van der Waals surface area contributed by atoms with Crippen LogP contribution in [0.3, 0.4) is 0 Å². The molecule has 0 aliphatic rings. The molecular weight excluding hydrogens is 286 g/mol. The van der Waals surface area contributed by atoms with E-state index in [0.29, 0.717) is 30.9 Å². The topological polar surface area (TPSA) is 84.9 Å². The summed E-state index contributed by atoms with van der Waals surface area (Å²) < 4.78 is 10.3. The molecule has 22 heavy (non-hydrogen) atoms. The van der Waals surface area contributed by atoms with Gasteiger partial charge in [-0.15, -0.1) is 0 Å². The number of nitrogens with one attached hydrogen (secondary N) is 1. The fourth-order valence-electron chi connectivity index (χ4n) is 1.85. The summed E-state index contributed by atoms with van der Waals surface area (Å²) in [4.78, 5) is 23.3. The summed E-state index contributed by atoms with van der Waals surface area (Å²) in [5.74, 6) is -0.943. The van der Waals surface area contributed by atoms with Gasteiger partial charge in [-0.2, -0.15) is 0 Å². The van der Waals surface area contributed by atoms with Crippen molar-refractivity contribution in [3.05, 3.63) is 29.8 Å². The van der Waals surface area contributed by atoms with Gasteiger partial charge in [0, 0.05) is 12.7 Å². The van der Waals surface area contributed by atoms with Crippen molar-refractivity contribution in [2.24, 2.45) is 5.92 Å². The molecule has 2 N–H and O–H groups in total. The highest BCUT2D eigenvalue weighted by Crippen LogP contribution is 2.13. The average molecular weight is 309 g/mol. The van der Waals surface area contributed by atoms with E-state index in [-0.39, 0.29) is 5.92 Å². The van der Waals surface area contributed by atoms with E-state index in [1.807, 2.05) is 6.92 Å². The van der Waals surface area contributed by atoms with Crippen LogP contribution >= 0.6 is 0 Å². The van der Waals surface area contributed by atoms with Gasteiger partial charge in [-0.25, -0.2) is 4.79 Å². The summed E-state index contributed by atoms with van der Waals surface area (Å²) in [5, 5.41) is 11.7. The molecule has 6 nitrogen and oxygen atoms in total. The van der Waals surface area contributed by atoms with E-state index in [1.54, 1.807) is 38.3 Å². The summed E-state index contributed by atoms with van der Waals surface area (Å²) in [6, 6.07) is 5.66. The van der Waals surface area contributed by atoms with Gasteiger partial charge in [0.15, 0.2) is 0 Å². The summed E-state index contributed by atoms with van der Waals surface area (Å²) in [5.41, 5.74) is 0.397. The highest BCUT2D eigenvalue weighted by atomic mass is 16.5. The lowest BCUT2D eigenvalue weighted by Gasteiger charge is -2.20. The number of amides is 1. The quantitative estimate of drug-likeness (QED) is 0.681. The van der Waals surface area contributed by atoms with Gasteiger partial charge in [0.1, 0.15) is 18.4 Å². The van der Waals surface area contributed by atoms with Gasteiger partial charge in [-0.1, -0.05) is 20.3 Å². The smallest absolute Gasteiger partial charge is 0.326 e. The fraction of sp³-hybridized carbons (Fsp3) is 0.500. The second-order valence-electron chi connectivity index (χ2n) is 5.04. The predicted molar refractivity (Wildman–Crippen MR) is 82.2 cm³/mol. The Kier molecular flexibility index (Phi) is 7.39. The first-order chi connectivity index (χ1) is 10.5. The lowest BCUT2D eigenvalue weighted by atomic mass is 9.99. The minimum atomic E-state index is -1.03. The molecule has 122 valence electrons. The van der Waals surface area contributed by atoms with E-state index < -0.39 is 17.9 Å². The first-order valence-corrected chi connectivity index (χ1v) is 7.25. The molecule has 0 bridgehead atoms. The number of carboxylic acid groups (broad SMARTS) is 1. The van der Waals surface area contributed by atoms with Crippen LogP contribution in [0.5, 0.6) is 5.75 Å². The maximum atomic E-state index is 12.1. The van der Waals surface area contributed by atoms with Crippen LogP contribution in [0.1, 0.15) is 30.6 Å². The van der Waals surface area contributed by atoms with Gasteiger partial charge in [0.25, 0.3) is 5.91 Å². The van der Waals surface area contributed by atoms with Gasteiger partial charge in [-0.05, 0) is 30.2 Å². The number of carbonyl (C=O) groups is 2. The van der Waals surface area contributed by atoms with Crippen molar-refractivity contribution in [2.45, 2.75) is 26.3 Å². The molecule has 0 radical (unpaired) electrons. The molecule has 0 aliphatic heterocycles. The molecule has 1 amide bonds. The van der Waals surface area contributed by atoms with Crippen molar-refractivity contribution in [3.63, 3.8) is 0 Å². The number of carbonyl (C=O) groups excluding carboxylic acids is 1. The predicted octanol–water partition coefficient (Wildman–Crippen LogP) is 1.94. The van der Waals surface area contributed by atoms with Crippen molar-refractivity contribution in [1.82, 2.24) is 5.32 Å². The Bertz CT molecular complexity index is 486. The third-order valence-corrected chi connectivity index (χ3v) is 3.44. The summed E-state index contributed by atoms with van der Waals surface area (Å²) in [6.45, 7) is 4.60. The lowest BCUT2D eigenvalue weighted by molar-refractivity contribution is -0.140. The van der Waals surface area contributed by atoms with Crippen LogP contribution in [0, 0.1) is 5.92 Å². The Morgan fingerprint density at radius 2 is 1.86 bits per heavy atom. The fourth-order valence-corrected chi connectivity index (χ4v) is 1.85. The van der Waals surface area contributed by atoms with Gasteiger partial charge in [0.2, 0.25) is 0 Å². The Labute approximate surface area is 130 Å². The molecule has 1 aromatic carbocycles. The van der Waals surface area contributed by atoms with Crippen LogP contribution in [0.25, 0.3) is 0 Å². The van der Waals surface area contributed by atoms with E-state index in [9.17, 15) is 14.7 Å². The standard InChI is InChI=1S/C16H23NO5/c1-4-11(2)14(16(19)20)17-15(18)12-5-7-13(8-6-12)22-10-9-21-3/h5-8,11,14H,4,9-10H2,1-3H3,(H,17,18)(H,19,20). The van der Waals surface area contributed by atoms with Crippen LogP contribution in [0.15, 0.2) is 24.3 Å². The molecule has 6 heteroatoms. The zero-order valence-corrected chi connectivity index (χ0v) is 13.2. The van der Waals surface area contributed by atoms with Crippen molar-refractivity contribution >= 4 is 11.9 Å². The molecule has 0 saturated heterocycles. The minimum Gasteiger partial charge on any atom is -0.491 e. The Morgan fingerprint density at radius 1 is 1.23 bits per heavy atom. The number of aliphatic carboxylic acids is 1. The van der Waals surface area contributed by atoms with Gasteiger partial charge < -0.3 is 19.9 Å². The van der Waals surface area contributed by atoms with Crippen molar-refractivity contribution in [1.29, 1.82) is 0 Å². The number of hydrogen-bond acceptors (Lipinski definition) is 4. The van der Waals surface area contributed by atoms with Gasteiger partial charge in [0.05, 0.1) is 6.61 Å². The van der Waals surface area contributed by atoms with Crippen molar-refractivity contribution in [3.8, 4) is 5.75 Å². The maximum Gasteiger partial charge on any atom is 0.326 e. The van der Waals surface area contributed by atoms with E-state index in [0.717, 1.165) is 0 Å². The SMILES string of the molecule is CCC(C)C(NC(=O)c1ccc(OCCOC)cc1)C(=O)O. The van der Waals surface area contributed by atoms with E-state index in [4.69, 9.17) is 9.47 Å². The Morgan fingerprint density at radius 3 is 2.36 bits per heavy atom. The van der Waals surface area contributed by atoms with Crippen LogP contribution < -0.4 is 10.1 Å². The van der Waals surface area contributed by atoms with E-state index in [1.165, 1.54) is 0 Å². The molecular formula is C16H23NO5. The molecule has 0 aromatic heterocycles. The number of carboxylic acids is 1. The summed E-state index contributed by atoms with van der Waals surface area (Å²) in [7, 11) is 1.59. The molecule has 0 heterocycles. The number of benzene rings is 1. The third-order valence-electron chi connectivity index (χ3n) is 3.44. The monoisotopic (exact) mass is 309 g/mol. The summed E-state index contributed by atoms with van der Waals surface area (Å²) in [6.07, 6.45) is 0.670. The number of methoxy groups -OCH3 is 1. The van der Waals surface area contributed by atoms with E-state index >= 15 is 0 Å². The van der Waals surface area contributed by atoms with Gasteiger partial charge >= 0.3 is 5.97 Å². The highest BCUT2D eigenvalue weighted by Gasteiger charge is 2.25. The number of hydrogen-bond donors (Lipinski definition) is 2. The second-order valence-corrected chi connectivity index (χ2v) is 5.04. The molecule has 1 rings (SSSR count). The van der Waals surface area contributed by atoms with Crippen LogP contribution in [0.4, 0.5) is 0 Å². The zero-order chi connectivity index (χ0) is 16.5. The molecule has 2 unspecified atom stereocenters. The van der Waals surface area contributed by atoms with Crippen molar-refractivity contribution < 1.29 is 24.2 Å². The molecule has 0 spiro atoms. The first-order valence-electron chi connectivity index (χ1n) is 7.25. The molecule has 0 aliphatic carbocycles. The molecule has 0 saturated carbocycles. The second kappa shape index (κ2) is 9.04. The van der Waals surface area contributed by atoms with E-state index in [2.05, 4.69) is 5.32 Å². The van der Waals surface area contributed by atoms with Crippen LogP contribution in [-0.2, 0) is 9.53 Å². The lowest BCUT2D eigenvalue weighted by Crippen LogP contribution is -2.45. The first kappa shape index (κ1) is 18.0. The normalized spacial score (nSPS) is 13.2.